The minimum absolute atomic E-state index is 0.162. The van der Waals surface area contributed by atoms with E-state index in [0.717, 1.165) is 5.16 Å². The quantitative estimate of drug-likeness (QED) is 0.716. The van der Waals surface area contributed by atoms with Gasteiger partial charge in [0, 0.05) is 31.2 Å². The highest BCUT2D eigenvalue weighted by atomic mass is 32.2. The fourth-order valence-electron chi connectivity index (χ4n) is 2.02. The number of imidazole rings is 1. The van der Waals surface area contributed by atoms with Crippen LogP contribution in [-0.2, 0) is 21.9 Å². The molecule has 0 saturated carbocycles. The Morgan fingerprint density at radius 1 is 1.20 bits per heavy atom. The second kappa shape index (κ2) is 8.03. The molecule has 9 heteroatoms. The van der Waals surface area contributed by atoms with E-state index in [1.165, 1.54) is 23.9 Å². The minimum Gasteiger partial charge on any atom is -0.329 e. The summed E-state index contributed by atoms with van der Waals surface area (Å²) < 4.78 is 28.5. The number of hydrogen-bond donors (Lipinski definition) is 2. The lowest BCUT2D eigenvalue weighted by molar-refractivity contribution is -0.115. The zero-order chi connectivity index (χ0) is 18.6. The number of thioether (sulfide) groups is 1. The third kappa shape index (κ3) is 5.32. The highest BCUT2D eigenvalue weighted by molar-refractivity contribution is 8.00. The first-order valence-electron chi connectivity index (χ1n) is 7.76. The molecular formula is C16H22N4O3S2. The van der Waals surface area contributed by atoms with Crippen molar-refractivity contribution in [1.29, 1.82) is 0 Å². The number of carbonyl (C=O) groups is 1. The number of nitrogens with zero attached hydrogens (tertiary/aromatic N) is 2. The first-order chi connectivity index (χ1) is 11.7. The molecule has 0 radical (unpaired) electrons. The van der Waals surface area contributed by atoms with Crippen LogP contribution in [0, 0.1) is 0 Å². The Bertz CT molecular complexity index is 829. The SMILES string of the molecule is CC(C)NS(=O)(=O)c1ccc(NC(=O)C(C)Sc2nccn2C)cc1. The van der Waals surface area contributed by atoms with Crippen molar-refractivity contribution in [3.05, 3.63) is 36.7 Å². The summed E-state index contributed by atoms with van der Waals surface area (Å²) in [6, 6.07) is 5.90. The second-order valence-corrected chi connectivity index (χ2v) is 8.89. The van der Waals surface area contributed by atoms with Gasteiger partial charge in [-0.15, -0.1) is 0 Å². The molecule has 0 bridgehead atoms. The van der Waals surface area contributed by atoms with Gasteiger partial charge in [0.2, 0.25) is 15.9 Å². The van der Waals surface area contributed by atoms with Gasteiger partial charge < -0.3 is 9.88 Å². The summed E-state index contributed by atoms with van der Waals surface area (Å²) in [6.07, 6.45) is 3.49. The van der Waals surface area contributed by atoms with Crippen LogP contribution >= 0.6 is 11.8 Å². The molecule has 1 unspecified atom stereocenters. The number of rotatable bonds is 7. The number of hydrogen-bond acceptors (Lipinski definition) is 5. The van der Waals surface area contributed by atoms with E-state index in [2.05, 4.69) is 15.0 Å². The van der Waals surface area contributed by atoms with Crippen molar-refractivity contribution in [2.75, 3.05) is 5.32 Å². The predicted molar refractivity (Wildman–Crippen MR) is 99.1 cm³/mol. The molecule has 136 valence electrons. The molecule has 1 heterocycles. The molecule has 0 saturated heterocycles. The zero-order valence-corrected chi connectivity index (χ0v) is 16.2. The summed E-state index contributed by atoms with van der Waals surface area (Å²) in [7, 11) is -1.67. The van der Waals surface area contributed by atoms with Crippen LogP contribution in [0.5, 0.6) is 0 Å². The number of sulfonamides is 1. The van der Waals surface area contributed by atoms with Gasteiger partial charge in [0.25, 0.3) is 0 Å². The van der Waals surface area contributed by atoms with Gasteiger partial charge in [-0.2, -0.15) is 0 Å². The number of benzene rings is 1. The van der Waals surface area contributed by atoms with Crippen LogP contribution in [0.1, 0.15) is 20.8 Å². The van der Waals surface area contributed by atoms with Gasteiger partial charge in [0.1, 0.15) is 0 Å². The van der Waals surface area contributed by atoms with E-state index in [-0.39, 0.29) is 22.1 Å². The number of carbonyl (C=O) groups excluding carboxylic acids is 1. The van der Waals surface area contributed by atoms with E-state index in [1.54, 1.807) is 39.1 Å². The predicted octanol–water partition coefficient (Wildman–Crippen LogP) is 2.23. The number of aromatic nitrogens is 2. The molecule has 1 aromatic carbocycles. The number of amides is 1. The van der Waals surface area contributed by atoms with Crippen LogP contribution < -0.4 is 10.0 Å². The van der Waals surface area contributed by atoms with Crippen LogP contribution in [0.3, 0.4) is 0 Å². The second-order valence-electron chi connectivity index (χ2n) is 5.87. The van der Waals surface area contributed by atoms with Gasteiger partial charge in [-0.05, 0) is 45.0 Å². The summed E-state index contributed by atoms with van der Waals surface area (Å²) in [5, 5.41) is 3.19. The first-order valence-corrected chi connectivity index (χ1v) is 10.1. The van der Waals surface area contributed by atoms with Gasteiger partial charge >= 0.3 is 0 Å². The smallest absolute Gasteiger partial charge is 0.240 e. The average molecular weight is 383 g/mol. The lowest BCUT2D eigenvalue weighted by atomic mass is 10.3. The van der Waals surface area contributed by atoms with Crippen molar-refractivity contribution >= 4 is 33.4 Å². The van der Waals surface area contributed by atoms with Crippen LogP contribution in [0.25, 0.3) is 0 Å². The Kier molecular flexibility index (Phi) is 6.26. The molecule has 1 amide bonds. The molecular weight excluding hydrogens is 360 g/mol. The number of anilines is 1. The van der Waals surface area contributed by atoms with Crippen molar-refractivity contribution in [3.63, 3.8) is 0 Å². The average Bonchev–Trinajstić information content (AvgIpc) is 2.91. The highest BCUT2D eigenvalue weighted by Gasteiger charge is 2.18. The fourth-order valence-corrected chi connectivity index (χ4v) is 4.10. The Morgan fingerprint density at radius 3 is 2.36 bits per heavy atom. The van der Waals surface area contributed by atoms with E-state index < -0.39 is 10.0 Å². The van der Waals surface area contributed by atoms with E-state index in [4.69, 9.17) is 0 Å². The van der Waals surface area contributed by atoms with E-state index in [0.29, 0.717) is 5.69 Å². The third-order valence-corrected chi connectivity index (χ3v) is 6.10. The molecule has 25 heavy (non-hydrogen) atoms. The zero-order valence-electron chi connectivity index (χ0n) is 14.6. The maximum Gasteiger partial charge on any atom is 0.240 e. The van der Waals surface area contributed by atoms with Crippen molar-refractivity contribution in [3.8, 4) is 0 Å². The molecule has 0 fully saturated rings. The third-order valence-electron chi connectivity index (χ3n) is 3.25. The molecule has 7 nitrogen and oxygen atoms in total. The lowest BCUT2D eigenvalue weighted by Gasteiger charge is -2.13. The van der Waals surface area contributed by atoms with Gasteiger partial charge in [-0.25, -0.2) is 18.1 Å². The first kappa shape index (κ1) is 19.5. The minimum atomic E-state index is -3.54. The Labute approximate surface area is 152 Å². The van der Waals surface area contributed by atoms with E-state index in [1.807, 2.05) is 17.8 Å². The van der Waals surface area contributed by atoms with Gasteiger partial charge in [-0.1, -0.05) is 11.8 Å². The molecule has 2 aromatic rings. The van der Waals surface area contributed by atoms with Crippen LogP contribution in [0.15, 0.2) is 46.7 Å². The molecule has 1 aromatic heterocycles. The number of nitrogens with one attached hydrogen (secondary N) is 2. The Morgan fingerprint density at radius 2 is 1.84 bits per heavy atom. The normalized spacial score (nSPS) is 13.0. The van der Waals surface area contributed by atoms with Gasteiger partial charge in [0.15, 0.2) is 5.16 Å². The van der Waals surface area contributed by atoms with E-state index >= 15 is 0 Å². The van der Waals surface area contributed by atoms with Crippen molar-refractivity contribution < 1.29 is 13.2 Å². The largest absolute Gasteiger partial charge is 0.329 e. The molecule has 0 aliphatic carbocycles. The monoisotopic (exact) mass is 382 g/mol. The van der Waals surface area contributed by atoms with Crippen molar-refractivity contribution in [2.24, 2.45) is 7.05 Å². The summed E-state index contributed by atoms with van der Waals surface area (Å²) >= 11 is 1.35. The van der Waals surface area contributed by atoms with E-state index in [9.17, 15) is 13.2 Å². The van der Waals surface area contributed by atoms with Crippen LogP contribution in [0.4, 0.5) is 5.69 Å². The van der Waals surface area contributed by atoms with Crippen molar-refractivity contribution in [1.82, 2.24) is 14.3 Å². The molecule has 2 rings (SSSR count). The molecule has 0 spiro atoms. The van der Waals surface area contributed by atoms with Gasteiger partial charge in [-0.3, -0.25) is 4.79 Å². The summed E-state index contributed by atoms with van der Waals surface area (Å²) in [4.78, 5) is 16.6. The molecule has 0 aliphatic heterocycles. The molecule has 2 N–H and O–H groups in total. The molecule has 0 aliphatic rings. The van der Waals surface area contributed by atoms with Crippen LogP contribution in [0.2, 0.25) is 0 Å². The Balaban J connectivity index is 2.01. The topological polar surface area (TPSA) is 93.1 Å². The highest BCUT2D eigenvalue weighted by Crippen LogP contribution is 2.22. The summed E-state index contributed by atoms with van der Waals surface area (Å²) in [6.45, 7) is 5.31. The standard InChI is InChI=1S/C16H22N4O3S2/c1-11(2)19-25(22,23)14-7-5-13(6-8-14)18-15(21)12(3)24-16-17-9-10-20(16)4/h5-12,19H,1-4H3,(H,18,21). The van der Waals surface area contributed by atoms with Crippen molar-refractivity contribution in [2.45, 2.75) is 42.1 Å². The maximum absolute atomic E-state index is 12.3. The Hall–Kier alpha value is -1.84. The van der Waals surface area contributed by atoms with Gasteiger partial charge in [0.05, 0.1) is 10.1 Å². The summed E-state index contributed by atoms with van der Waals surface area (Å²) in [5.41, 5.74) is 0.542. The summed E-state index contributed by atoms with van der Waals surface area (Å²) in [5.74, 6) is -0.177. The lowest BCUT2D eigenvalue weighted by Crippen LogP contribution is -2.30. The number of aryl methyl sites for hydroxylation is 1. The van der Waals surface area contributed by atoms with Crippen LogP contribution in [-0.4, -0.2) is 35.2 Å². The maximum atomic E-state index is 12.3. The fraction of sp³-hybridized carbons (Fsp3) is 0.375. The molecule has 1 atom stereocenters.